The number of hydrogen-bond acceptors (Lipinski definition) is 12. The van der Waals surface area contributed by atoms with Gasteiger partial charge < -0.3 is 33.8 Å². The number of alkyl halides is 3. The average molecular weight is 687 g/mol. The van der Waals surface area contributed by atoms with Crippen molar-refractivity contribution in [2.75, 3.05) is 35.7 Å². The number of carbonyl (C=O) groups excluding carboxylic acids is 2. The Hall–Kier alpha value is -5.31. The molecule has 1 aliphatic rings. The van der Waals surface area contributed by atoms with E-state index >= 15 is 0 Å². The van der Waals surface area contributed by atoms with E-state index in [0.29, 0.717) is 5.69 Å². The fraction of sp³-hybridized carbons (Fsp3) is 0.0769. The maximum Gasteiger partial charge on any atom is 0.416 e. The van der Waals surface area contributed by atoms with Gasteiger partial charge in [-0.2, -0.15) is 30.0 Å². The molecule has 246 valence electrons. The summed E-state index contributed by atoms with van der Waals surface area (Å²) in [6.45, 7) is 0. The minimum Gasteiger partial charge on any atom is -0.505 e. The first kappa shape index (κ1) is 35.2. The van der Waals surface area contributed by atoms with Crippen LogP contribution in [-0.4, -0.2) is 54.8 Å². The van der Waals surface area contributed by atoms with E-state index in [-0.39, 0.29) is 39.0 Å². The zero-order valence-corrected chi connectivity index (χ0v) is 24.9. The van der Waals surface area contributed by atoms with E-state index < -0.39 is 65.0 Å². The molecule has 46 heavy (non-hydrogen) atoms. The second-order valence-electron chi connectivity index (χ2n) is 9.48. The van der Waals surface area contributed by atoms with Crippen molar-refractivity contribution in [3.63, 3.8) is 0 Å². The lowest BCUT2D eigenvalue weighted by molar-refractivity contribution is -0.137. The van der Waals surface area contributed by atoms with E-state index in [1.165, 1.54) is 31.3 Å². The Labute approximate surface area is 258 Å². The number of benzene rings is 4. The van der Waals surface area contributed by atoms with Crippen LogP contribution in [0.4, 0.5) is 41.6 Å². The van der Waals surface area contributed by atoms with Crippen LogP contribution in [0.15, 0.2) is 64.4 Å². The molecule has 0 fully saturated rings. The van der Waals surface area contributed by atoms with Gasteiger partial charge in [-0.1, -0.05) is 0 Å². The van der Waals surface area contributed by atoms with Crippen LogP contribution in [-0.2, 0) is 26.4 Å². The Kier molecular flexibility index (Phi) is 9.35. The summed E-state index contributed by atoms with van der Waals surface area (Å²) in [6.07, 6.45) is -4.27. The highest BCUT2D eigenvalue weighted by molar-refractivity contribution is 7.86. The van der Waals surface area contributed by atoms with Gasteiger partial charge in [-0.3, -0.25) is 23.6 Å². The van der Waals surface area contributed by atoms with Crippen LogP contribution in [0, 0.1) is 0 Å². The highest BCUT2D eigenvalue weighted by Gasteiger charge is 2.36. The summed E-state index contributed by atoms with van der Waals surface area (Å²) >= 11 is 0. The third-order valence-corrected chi connectivity index (χ3v) is 8.15. The number of imide groups is 1. The van der Waals surface area contributed by atoms with Crippen LogP contribution >= 0.6 is 0 Å². The predicted octanol–water partition coefficient (Wildman–Crippen LogP) is 2.57. The van der Waals surface area contributed by atoms with Crippen LogP contribution in [0.5, 0.6) is 5.75 Å². The molecule has 0 saturated carbocycles. The molecule has 0 unspecified atom stereocenters. The molecule has 13 N–H and O–H groups in total. The summed E-state index contributed by atoms with van der Waals surface area (Å²) in [5, 5.41) is 9.71. The molecule has 0 spiro atoms. The number of hydrogen-bond donors (Lipinski definition) is 8. The standard InChI is InChI=1S/C10H10N2O7S2.C9H9N3O2.C7H6F3N/c11-6-3-5-4(1-7(6)20(14,15)16)2-8(21(17,18)19)9(12)10(5)13;1-12-8(13)6-4(10)2-3-5(11)7(6)9(12)14;8-7(9,10)5-1-3-6(11)4-2-5/h1-3,13H,11-12H2,(H,14,15,16)(H,17,18,19);2-3H,10-11H2,1H3;1-4H,11H2. The highest BCUT2D eigenvalue weighted by atomic mass is 32.2. The Bertz CT molecular complexity index is 2060. The maximum atomic E-state index is 11.9. The molecule has 0 saturated heterocycles. The lowest BCUT2D eigenvalue weighted by Gasteiger charge is -2.11. The first-order chi connectivity index (χ1) is 21.0. The number of halogens is 3. The highest BCUT2D eigenvalue weighted by Crippen LogP contribution is 2.39. The van der Waals surface area contributed by atoms with Gasteiger partial charge in [0.25, 0.3) is 32.1 Å². The zero-order valence-electron chi connectivity index (χ0n) is 23.3. The van der Waals surface area contributed by atoms with Gasteiger partial charge in [-0.05, 0) is 60.0 Å². The van der Waals surface area contributed by atoms with Crippen LogP contribution in [0.3, 0.4) is 0 Å². The normalized spacial score (nSPS) is 13.0. The molecule has 0 aromatic heterocycles. The molecule has 0 aliphatic carbocycles. The number of rotatable bonds is 2. The largest absolute Gasteiger partial charge is 0.505 e. The third kappa shape index (κ3) is 7.15. The second-order valence-corrected chi connectivity index (χ2v) is 12.3. The Morgan fingerprint density at radius 2 is 1.13 bits per heavy atom. The van der Waals surface area contributed by atoms with Crippen molar-refractivity contribution >= 4 is 71.3 Å². The van der Waals surface area contributed by atoms with Crippen molar-refractivity contribution < 1.29 is 53.8 Å². The number of fused-ring (bicyclic) bond motifs is 2. The van der Waals surface area contributed by atoms with E-state index in [4.69, 9.17) is 37.8 Å². The number of nitrogens with two attached hydrogens (primary N) is 5. The summed E-state index contributed by atoms with van der Waals surface area (Å²) in [5.41, 5.74) is 27.0. The number of nitrogens with zero attached hydrogens (tertiary/aromatic N) is 1. The Morgan fingerprint density at radius 3 is 1.54 bits per heavy atom. The summed E-state index contributed by atoms with van der Waals surface area (Å²) in [6, 6.07) is 10.1. The van der Waals surface area contributed by atoms with Crippen molar-refractivity contribution in [1.29, 1.82) is 0 Å². The van der Waals surface area contributed by atoms with E-state index in [0.717, 1.165) is 35.2 Å². The quantitative estimate of drug-likeness (QED) is 0.0651. The van der Waals surface area contributed by atoms with Crippen molar-refractivity contribution in [3.05, 3.63) is 71.3 Å². The third-order valence-electron chi connectivity index (χ3n) is 6.34. The Balaban J connectivity index is 0.000000200. The Morgan fingerprint density at radius 1 is 0.696 bits per heavy atom. The van der Waals surface area contributed by atoms with Gasteiger partial charge in [0.2, 0.25) is 0 Å². The van der Waals surface area contributed by atoms with E-state index in [9.17, 15) is 44.7 Å². The first-order valence-corrected chi connectivity index (χ1v) is 15.1. The van der Waals surface area contributed by atoms with Gasteiger partial charge in [-0.15, -0.1) is 0 Å². The molecule has 20 heteroatoms. The fourth-order valence-electron chi connectivity index (χ4n) is 4.05. The lowest BCUT2D eigenvalue weighted by atomic mass is 10.1. The molecule has 0 bridgehead atoms. The number of aromatic hydroxyl groups is 1. The van der Waals surface area contributed by atoms with Crippen LogP contribution in [0.25, 0.3) is 10.8 Å². The number of carbonyl (C=O) groups is 2. The molecule has 5 rings (SSSR count). The van der Waals surface area contributed by atoms with Crippen molar-refractivity contribution in [2.45, 2.75) is 16.0 Å². The molecular formula is C26H25F3N6O9S2. The molecule has 1 aliphatic heterocycles. The molecule has 0 radical (unpaired) electrons. The molecule has 1 heterocycles. The van der Waals surface area contributed by atoms with Gasteiger partial charge in [-0.25, -0.2) is 0 Å². The number of phenolic OH excluding ortho intramolecular Hbond substituents is 1. The molecular weight excluding hydrogens is 661 g/mol. The minimum atomic E-state index is -4.73. The van der Waals surface area contributed by atoms with Crippen LogP contribution in [0.2, 0.25) is 0 Å². The van der Waals surface area contributed by atoms with Crippen LogP contribution < -0.4 is 28.7 Å². The smallest absolute Gasteiger partial charge is 0.416 e. The van der Waals surface area contributed by atoms with Crippen molar-refractivity contribution in [3.8, 4) is 5.75 Å². The minimum absolute atomic E-state index is 0.0372. The summed E-state index contributed by atoms with van der Waals surface area (Å²) in [7, 11) is -7.97. The lowest BCUT2D eigenvalue weighted by Crippen LogP contribution is -2.24. The van der Waals surface area contributed by atoms with E-state index in [2.05, 4.69) is 0 Å². The van der Waals surface area contributed by atoms with Gasteiger partial charge >= 0.3 is 6.18 Å². The van der Waals surface area contributed by atoms with Gasteiger partial charge in [0.15, 0.2) is 0 Å². The predicted molar refractivity (Wildman–Crippen MR) is 162 cm³/mol. The molecule has 4 aromatic carbocycles. The second kappa shape index (κ2) is 12.2. The van der Waals surface area contributed by atoms with Gasteiger partial charge in [0.1, 0.15) is 15.5 Å². The maximum absolute atomic E-state index is 11.9. The van der Waals surface area contributed by atoms with E-state index in [1.807, 2.05) is 0 Å². The molecule has 15 nitrogen and oxygen atoms in total. The van der Waals surface area contributed by atoms with Gasteiger partial charge in [0.05, 0.1) is 28.1 Å². The number of anilines is 5. The molecule has 0 atom stereocenters. The summed E-state index contributed by atoms with van der Waals surface area (Å²) < 4.78 is 98.3. The topological polar surface area (TPSA) is 296 Å². The monoisotopic (exact) mass is 686 g/mol. The van der Waals surface area contributed by atoms with Crippen molar-refractivity contribution in [2.24, 2.45) is 0 Å². The average Bonchev–Trinajstić information content (AvgIpc) is 3.17. The van der Waals surface area contributed by atoms with E-state index in [1.54, 1.807) is 0 Å². The molecule has 2 amide bonds. The van der Waals surface area contributed by atoms with Crippen LogP contribution in [0.1, 0.15) is 26.3 Å². The molecule has 4 aromatic rings. The van der Waals surface area contributed by atoms with Crippen molar-refractivity contribution in [1.82, 2.24) is 4.90 Å². The summed E-state index contributed by atoms with van der Waals surface area (Å²) in [5.74, 6) is -1.47. The summed E-state index contributed by atoms with van der Waals surface area (Å²) in [4.78, 5) is 22.7. The number of phenols is 1. The number of nitrogen functional groups attached to an aromatic ring is 5. The fourth-order valence-corrected chi connectivity index (χ4v) is 5.33. The van der Waals surface area contributed by atoms with Gasteiger partial charge in [0, 0.05) is 29.5 Å². The first-order valence-electron chi connectivity index (χ1n) is 12.2. The SMILES string of the molecule is CN1C(=O)c2c(N)ccc(N)c2C1=O.Nc1cc2c(O)c(N)c(S(=O)(=O)O)cc2cc1S(=O)(=O)O.Nc1ccc(C(F)(F)F)cc1. The number of amides is 2. The zero-order chi connectivity index (χ0) is 35.1.